The molecule has 3 aromatic rings. The van der Waals surface area contributed by atoms with Crippen LogP contribution in [0.1, 0.15) is 11.6 Å². The molecule has 0 bridgehead atoms. The lowest BCUT2D eigenvalue weighted by molar-refractivity contribution is 0.540. The Labute approximate surface area is 115 Å². The van der Waals surface area contributed by atoms with E-state index in [0.29, 0.717) is 28.7 Å². The van der Waals surface area contributed by atoms with Crippen LogP contribution in [0.5, 0.6) is 0 Å². The molecule has 2 heterocycles. The third kappa shape index (κ3) is 2.69. The van der Waals surface area contributed by atoms with E-state index in [1.54, 1.807) is 0 Å². The number of nitrogens with one attached hydrogen (secondary N) is 1. The summed E-state index contributed by atoms with van der Waals surface area (Å²) in [6, 6.07) is 11.3. The van der Waals surface area contributed by atoms with E-state index in [9.17, 15) is 0 Å². The van der Waals surface area contributed by atoms with Crippen molar-refractivity contribution in [2.75, 3.05) is 5.32 Å². The zero-order valence-corrected chi connectivity index (χ0v) is 11.1. The Morgan fingerprint density at radius 2 is 1.89 bits per heavy atom. The molecule has 0 saturated carbocycles. The zero-order chi connectivity index (χ0) is 13.2. The monoisotopic (exact) mass is 273 g/mol. The summed E-state index contributed by atoms with van der Waals surface area (Å²) in [5, 5.41) is 3.94. The van der Waals surface area contributed by atoms with Crippen LogP contribution in [0.3, 0.4) is 0 Å². The van der Waals surface area contributed by atoms with Crippen LogP contribution in [-0.2, 0) is 6.54 Å². The molecule has 0 fully saturated rings. The van der Waals surface area contributed by atoms with Gasteiger partial charge in [-0.3, -0.25) is 0 Å². The second-order valence-corrected chi connectivity index (χ2v) is 4.68. The van der Waals surface area contributed by atoms with Crippen LogP contribution >= 0.6 is 11.6 Å². The summed E-state index contributed by atoms with van der Waals surface area (Å²) >= 11 is 5.83. The molecular formula is C14H12ClN3O. The molecule has 3 rings (SSSR count). The highest BCUT2D eigenvalue weighted by atomic mass is 35.5. The first kappa shape index (κ1) is 12.0. The van der Waals surface area contributed by atoms with Crippen molar-refractivity contribution in [3.8, 4) is 0 Å². The molecule has 0 atom stereocenters. The van der Waals surface area contributed by atoms with Crippen LogP contribution in [-0.4, -0.2) is 9.97 Å². The number of oxazole rings is 1. The van der Waals surface area contributed by atoms with Crippen LogP contribution in [0.15, 0.2) is 40.8 Å². The topological polar surface area (TPSA) is 51.0 Å². The van der Waals surface area contributed by atoms with Crippen LogP contribution in [0, 0.1) is 6.92 Å². The average molecular weight is 274 g/mol. The maximum absolute atomic E-state index is 5.83. The summed E-state index contributed by atoms with van der Waals surface area (Å²) in [5.74, 6) is 0.614. The number of hydrogen-bond acceptors (Lipinski definition) is 4. The SMILES string of the molecule is Cc1ccc2oc(CNc3ccc(Cl)cc3)nc2n1. The minimum atomic E-state index is 0.511. The van der Waals surface area contributed by atoms with Gasteiger partial charge in [0.1, 0.15) is 0 Å². The summed E-state index contributed by atoms with van der Waals surface area (Å²) in [4.78, 5) is 8.65. The Kier molecular flexibility index (Phi) is 3.09. The van der Waals surface area contributed by atoms with E-state index in [0.717, 1.165) is 11.4 Å². The fourth-order valence-corrected chi connectivity index (χ4v) is 1.90. The van der Waals surface area contributed by atoms with E-state index in [1.807, 2.05) is 43.3 Å². The number of fused-ring (bicyclic) bond motifs is 1. The van der Waals surface area contributed by atoms with Gasteiger partial charge in [-0.25, -0.2) is 4.98 Å². The normalized spacial score (nSPS) is 10.8. The van der Waals surface area contributed by atoms with Crippen LogP contribution in [0.4, 0.5) is 5.69 Å². The second-order valence-electron chi connectivity index (χ2n) is 4.24. The average Bonchev–Trinajstić information content (AvgIpc) is 2.80. The van der Waals surface area contributed by atoms with Gasteiger partial charge in [0.2, 0.25) is 5.89 Å². The van der Waals surface area contributed by atoms with Crippen molar-refractivity contribution < 1.29 is 4.42 Å². The Hall–Kier alpha value is -2.07. The van der Waals surface area contributed by atoms with Gasteiger partial charge in [0.15, 0.2) is 11.2 Å². The molecule has 0 amide bonds. The molecule has 0 aliphatic rings. The predicted molar refractivity (Wildman–Crippen MR) is 75.3 cm³/mol. The molecule has 0 unspecified atom stereocenters. The van der Waals surface area contributed by atoms with Gasteiger partial charge < -0.3 is 9.73 Å². The predicted octanol–water partition coefficient (Wildman–Crippen LogP) is 3.80. The Morgan fingerprint density at radius 1 is 1.11 bits per heavy atom. The van der Waals surface area contributed by atoms with Gasteiger partial charge >= 0.3 is 0 Å². The number of nitrogens with zero attached hydrogens (tertiary/aromatic N) is 2. The molecule has 0 spiro atoms. The van der Waals surface area contributed by atoms with Crippen molar-refractivity contribution in [2.24, 2.45) is 0 Å². The van der Waals surface area contributed by atoms with Gasteiger partial charge in [0, 0.05) is 16.4 Å². The minimum Gasteiger partial charge on any atom is -0.437 e. The van der Waals surface area contributed by atoms with Crippen molar-refractivity contribution in [2.45, 2.75) is 13.5 Å². The van der Waals surface area contributed by atoms with E-state index in [2.05, 4.69) is 15.3 Å². The number of benzene rings is 1. The Balaban J connectivity index is 1.76. The summed E-state index contributed by atoms with van der Waals surface area (Å²) in [7, 11) is 0. The first-order valence-electron chi connectivity index (χ1n) is 5.93. The van der Waals surface area contributed by atoms with E-state index in [4.69, 9.17) is 16.0 Å². The van der Waals surface area contributed by atoms with Gasteiger partial charge in [-0.1, -0.05) is 11.6 Å². The van der Waals surface area contributed by atoms with Gasteiger partial charge in [-0.15, -0.1) is 0 Å². The van der Waals surface area contributed by atoms with Crippen molar-refractivity contribution in [1.82, 2.24) is 9.97 Å². The van der Waals surface area contributed by atoms with E-state index in [-0.39, 0.29) is 0 Å². The van der Waals surface area contributed by atoms with Crippen molar-refractivity contribution in [3.63, 3.8) is 0 Å². The Bertz CT molecular complexity index is 706. The van der Waals surface area contributed by atoms with Gasteiger partial charge in [0.05, 0.1) is 6.54 Å². The van der Waals surface area contributed by atoms with Gasteiger partial charge in [0.25, 0.3) is 0 Å². The molecule has 19 heavy (non-hydrogen) atoms. The maximum atomic E-state index is 5.83. The first-order chi connectivity index (χ1) is 9.20. The first-order valence-corrected chi connectivity index (χ1v) is 6.31. The molecule has 2 aromatic heterocycles. The summed E-state index contributed by atoms with van der Waals surface area (Å²) in [6.45, 7) is 2.44. The summed E-state index contributed by atoms with van der Waals surface area (Å²) in [6.07, 6.45) is 0. The van der Waals surface area contributed by atoms with Crippen LogP contribution in [0.2, 0.25) is 5.02 Å². The number of halogens is 1. The lowest BCUT2D eigenvalue weighted by Crippen LogP contribution is -1.99. The summed E-state index contributed by atoms with van der Waals surface area (Å²) in [5.41, 5.74) is 3.25. The molecule has 0 aliphatic carbocycles. The number of rotatable bonds is 3. The van der Waals surface area contributed by atoms with Crippen molar-refractivity contribution in [1.29, 1.82) is 0 Å². The molecule has 5 heteroatoms. The van der Waals surface area contributed by atoms with Gasteiger partial charge in [-0.2, -0.15) is 4.98 Å². The lowest BCUT2D eigenvalue weighted by atomic mass is 10.3. The number of pyridine rings is 1. The molecular weight excluding hydrogens is 262 g/mol. The molecule has 1 N–H and O–H groups in total. The number of anilines is 1. The third-order valence-corrected chi connectivity index (χ3v) is 2.98. The molecule has 0 saturated heterocycles. The summed E-state index contributed by atoms with van der Waals surface area (Å²) < 4.78 is 5.61. The maximum Gasteiger partial charge on any atom is 0.216 e. The smallest absolute Gasteiger partial charge is 0.216 e. The molecule has 4 nitrogen and oxygen atoms in total. The molecule has 0 radical (unpaired) electrons. The largest absolute Gasteiger partial charge is 0.437 e. The van der Waals surface area contributed by atoms with E-state index in [1.165, 1.54) is 0 Å². The highest BCUT2D eigenvalue weighted by molar-refractivity contribution is 6.30. The third-order valence-electron chi connectivity index (χ3n) is 2.72. The fraction of sp³-hybridized carbons (Fsp3) is 0.143. The molecule has 1 aromatic carbocycles. The zero-order valence-electron chi connectivity index (χ0n) is 10.4. The van der Waals surface area contributed by atoms with E-state index < -0.39 is 0 Å². The van der Waals surface area contributed by atoms with Crippen LogP contribution < -0.4 is 5.32 Å². The fourth-order valence-electron chi connectivity index (χ4n) is 1.78. The molecule has 96 valence electrons. The van der Waals surface area contributed by atoms with Crippen molar-refractivity contribution >= 4 is 28.5 Å². The highest BCUT2D eigenvalue weighted by Crippen LogP contribution is 2.17. The second kappa shape index (κ2) is 4.90. The number of aromatic nitrogens is 2. The van der Waals surface area contributed by atoms with E-state index >= 15 is 0 Å². The highest BCUT2D eigenvalue weighted by Gasteiger charge is 2.06. The standard InChI is InChI=1S/C14H12ClN3O/c1-9-2-7-12-14(17-9)18-13(19-12)8-16-11-5-3-10(15)4-6-11/h2-7,16H,8H2,1H3. The Morgan fingerprint density at radius 3 is 2.68 bits per heavy atom. The van der Waals surface area contributed by atoms with Crippen molar-refractivity contribution in [3.05, 3.63) is 53.0 Å². The number of aryl methyl sites for hydroxylation is 1. The quantitative estimate of drug-likeness (QED) is 0.789. The van der Waals surface area contributed by atoms with Gasteiger partial charge in [-0.05, 0) is 43.3 Å². The lowest BCUT2D eigenvalue weighted by Gasteiger charge is -2.02. The minimum absolute atomic E-state index is 0.511. The van der Waals surface area contributed by atoms with Crippen LogP contribution in [0.25, 0.3) is 11.2 Å². The number of hydrogen-bond donors (Lipinski definition) is 1. The molecule has 0 aliphatic heterocycles.